The molecule has 4 rings (SSSR count). The fourth-order valence-corrected chi connectivity index (χ4v) is 3.39. The Morgan fingerprint density at radius 2 is 1.90 bits per heavy atom. The number of carboxylic acids is 1. The summed E-state index contributed by atoms with van der Waals surface area (Å²) in [5, 5.41) is 21.3. The largest absolute Gasteiger partial charge is 1.00 e. The van der Waals surface area contributed by atoms with E-state index in [4.69, 9.17) is 0 Å². The molecule has 2 aromatic heterocycles. The maximum absolute atomic E-state index is 11.4. The molecule has 0 unspecified atom stereocenters. The third kappa shape index (κ3) is 4.26. The number of carboxylic acid groups (broad SMARTS) is 1. The second kappa shape index (κ2) is 8.72. The molecule has 0 fully saturated rings. The van der Waals surface area contributed by atoms with Gasteiger partial charge in [0, 0.05) is 25.7 Å². The van der Waals surface area contributed by atoms with Gasteiger partial charge < -0.3 is 20.5 Å². The number of rotatable bonds is 4. The van der Waals surface area contributed by atoms with E-state index in [0.29, 0.717) is 47.1 Å². The Kier molecular flexibility index (Phi) is 6.49. The molecular formula is C19H17KN6O3. The first-order valence-electron chi connectivity index (χ1n) is 8.71. The summed E-state index contributed by atoms with van der Waals surface area (Å²) in [5.41, 5.74) is 4.04. The molecule has 0 spiro atoms. The number of carbonyl (C=O) groups is 2. The number of aryl methyl sites for hydroxylation is 2. The number of hydrogen-bond acceptors (Lipinski definition) is 7. The quantitative estimate of drug-likeness (QED) is 0.474. The number of nitrogens with zero attached hydrogens (tertiary/aromatic N) is 4. The van der Waals surface area contributed by atoms with Crippen LogP contribution in [0.1, 0.15) is 28.5 Å². The van der Waals surface area contributed by atoms with Crippen molar-refractivity contribution < 1.29 is 66.1 Å². The van der Waals surface area contributed by atoms with Crippen LogP contribution in [0.15, 0.2) is 30.5 Å². The molecule has 0 radical (unpaired) electrons. The molecule has 2 N–H and O–H groups in total. The number of aromatic nitrogens is 4. The van der Waals surface area contributed by atoms with E-state index in [1.54, 1.807) is 25.4 Å². The number of nitrogens with one attached hydrogen (secondary N) is 2. The van der Waals surface area contributed by atoms with Crippen LogP contribution in [0.4, 0.5) is 17.3 Å². The molecule has 1 aliphatic rings. The van der Waals surface area contributed by atoms with E-state index in [0.717, 1.165) is 5.56 Å². The van der Waals surface area contributed by atoms with Crippen molar-refractivity contribution in [2.75, 3.05) is 10.6 Å². The van der Waals surface area contributed by atoms with Crippen molar-refractivity contribution in [3.05, 3.63) is 47.3 Å². The maximum atomic E-state index is 11.4. The summed E-state index contributed by atoms with van der Waals surface area (Å²) in [5.74, 6) is -1.15. The predicted molar refractivity (Wildman–Crippen MR) is 100 cm³/mol. The fraction of sp³-hybridized carbons (Fsp3) is 0.211. The minimum absolute atomic E-state index is 0. The summed E-state index contributed by atoms with van der Waals surface area (Å²) in [6.45, 7) is 1.44. The van der Waals surface area contributed by atoms with E-state index < -0.39 is 5.97 Å². The first-order chi connectivity index (χ1) is 13.4. The Bertz CT molecular complexity index is 1110. The fourth-order valence-electron chi connectivity index (χ4n) is 3.39. The summed E-state index contributed by atoms with van der Waals surface area (Å²) in [6, 6.07) is 7.22. The first kappa shape index (κ1) is 21.6. The van der Waals surface area contributed by atoms with Gasteiger partial charge in [0.2, 0.25) is 11.9 Å². The van der Waals surface area contributed by atoms with Crippen LogP contribution in [0.25, 0.3) is 11.4 Å². The average Bonchev–Trinajstić information content (AvgIpc) is 3.00. The van der Waals surface area contributed by atoms with E-state index in [1.807, 2.05) is 12.1 Å². The molecule has 142 valence electrons. The smallest absolute Gasteiger partial charge is 0.543 e. The summed E-state index contributed by atoms with van der Waals surface area (Å²) in [4.78, 5) is 31.7. The SMILES string of the molecule is CC(=O)Nc1ccccc1Nc1ncc2c(n1)-c1c(c(C(=O)[O-])nn1C)CC2.[K+]. The van der Waals surface area contributed by atoms with E-state index in [-0.39, 0.29) is 63.0 Å². The number of aromatic carboxylic acids is 1. The Labute approximate surface area is 209 Å². The van der Waals surface area contributed by atoms with Crippen LogP contribution >= 0.6 is 0 Å². The summed E-state index contributed by atoms with van der Waals surface area (Å²) in [6.07, 6.45) is 2.89. The molecule has 1 amide bonds. The average molecular weight is 416 g/mol. The van der Waals surface area contributed by atoms with Gasteiger partial charge in [0.1, 0.15) is 5.69 Å². The molecule has 3 aromatic rings. The monoisotopic (exact) mass is 416 g/mol. The number of amides is 1. The molecule has 29 heavy (non-hydrogen) atoms. The van der Waals surface area contributed by atoms with E-state index in [9.17, 15) is 14.7 Å². The van der Waals surface area contributed by atoms with Gasteiger partial charge in [0.15, 0.2) is 0 Å². The maximum Gasteiger partial charge on any atom is 1.00 e. The van der Waals surface area contributed by atoms with Gasteiger partial charge in [0.25, 0.3) is 0 Å². The van der Waals surface area contributed by atoms with E-state index in [2.05, 4.69) is 25.7 Å². The Morgan fingerprint density at radius 3 is 2.59 bits per heavy atom. The molecule has 1 aliphatic carbocycles. The standard InChI is InChI=1S/C19H18N6O3.K/c1-10(26)21-13-5-3-4-6-14(13)22-19-20-9-11-7-8-12-16(18(27)28)24-25(2)17(12)15(11)23-19;/h3-6,9H,7-8H2,1-2H3,(H,21,26)(H,27,28)(H,20,22,23);/q;+1/p-1. The second-order valence-electron chi connectivity index (χ2n) is 6.51. The zero-order valence-corrected chi connectivity index (χ0v) is 19.4. The number of benzene rings is 1. The Morgan fingerprint density at radius 1 is 1.17 bits per heavy atom. The van der Waals surface area contributed by atoms with Crippen molar-refractivity contribution in [2.45, 2.75) is 19.8 Å². The van der Waals surface area contributed by atoms with Crippen LogP contribution in [0.5, 0.6) is 0 Å². The third-order valence-electron chi connectivity index (χ3n) is 4.56. The van der Waals surface area contributed by atoms with Gasteiger partial charge in [-0.25, -0.2) is 9.97 Å². The van der Waals surface area contributed by atoms with Gasteiger partial charge >= 0.3 is 51.4 Å². The van der Waals surface area contributed by atoms with Crippen molar-refractivity contribution in [2.24, 2.45) is 7.05 Å². The van der Waals surface area contributed by atoms with Crippen molar-refractivity contribution >= 4 is 29.2 Å². The topological polar surface area (TPSA) is 125 Å². The van der Waals surface area contributed by atoms with Crippen molar-refractivity contribution in [1.82, 2.24) is 19.7 Å². The molecule has 2 heterocycles. The molecule has 9 nitrogen and oxygen atoms in total. The summed E-state index contributed by atoms with van der Waals surface area (Å²) in [7, 11) is 1.68. The minimum Gasteiger partial charge on any atom is -0.543 e. The molecule has 0 aliphatic heterocycles. The number of carbonyl (C=O) groups excluding carboxylic acids is 2. The number of para-hydroxylation sites is 2. The molecule has 0 saturated heterocycles. The molecule has 0 bridgehead atoms. The zero-order valence-electron chi connectivity index (χ0n) is 16.3. The van der Waals surface area contributed by atoms with Gasteiger partial charge in [-0.3, -0.25) is 9.48 Å². The van der Waals surface area contributed by atoms with Gasteiger partial charge in [0.05, 0.1) is 28.7 Å². The zero-order chi connectivity index (χ0) is 19.8. The predicted octanol–water partition coefficient (Wildman–Crippen LogP) is -1.95. The Balaban J connectivity index is 0.00000240. The van der Waals surface area contributed by atoms with Crippen LogP contribution < -0.4 is 67.1 Å². The molecule has 10 heteroatoms. The number of hydrogen-bond donors (Lipinski definition) is 2. The van der Waals surface area contributed by atoms with Crippen LogP contribution in [0.2, 0.25) is 0 Å². The van der Waals surface area contributed by atoms with Crippen LogP contribution in [0, 0.1) is 0 Å². The third-order valence-corrected chi connectivity index (χ3v) is 4.56. The van der Waals surface area contributed by atoms with E-state index >= 15 is 0 Å². The van der Waals surface area contributed by atoms with Crippen molar-refractivity contribution in [3.63, 3.8) is 0 Å². The van der Waals surface area contributed by atoms with Crippen LogP contribution in [-0.4, -0.2) is 31.6 Å². The van der Waals surface area contributed by atoms with E-state index in [1.165, 1.54) is 11.6 Å². The summed E-state index contributed by atoms with van der Waals surface area (Å²) >= 11 is 0. The number of fused-ring (bicyclic) bond motifs is 3. The molecule has 1 aromatic carbocycles. The van der Waals surface area contributed by atoms with Crippen LogP contribution in [-0.2, 0) is 24.7 Å². The summed E-state index contributed by atoms with van der Waals surface area (Å²) < 4.78 is 1.51. The molecular weight excluding hydrogens is 399 g/mol. The number of anilines is 3. The second-order valence-corrected chi connectivity index (χ2v) is 6.51. The normalized spacial score (nSPS) is 11.7. The van der Waals surface area contributed by atoms with Crippen molar-refractivity contribution in [3.8, 4) is 11.4 Å². The van der Waals surface area contributed by atoms with Crippen LogP contribution in [0.3, 0.4) is 0 Å². The minimum atomic E-state index is -1.29. The van der Waals surface area contributed by atoms with Gasteiger partial charge in [-0.15, -0.1) is 0 Å². The van der Waals surface area contributed by atoms with Gasteiger partial charge in [-0.1, -0.05) is 12.1 Å². The Hall–Kier alpha value is -2.11. The first-order valence-corrected chi connectivity index (χ1v) is 8.71. The van der Waals surface area contributed by atoms with Gasteiger partial charge in [-0.2, -0.15) is 5.10 Å². The van der Waals surface area contributed by atoms with Crippen molar-refractivity contribution in [1.29, 1.82) is 0 Å². The molecule has 0 saturated carbocycles. The molecule has 0 atom stereocenters. The van der Waals surface area contributed by atoms with Gasteiger partial charge in [-0.05, 0) is 30.5 Å².